The van der Waals surface area contributed by atoms with E-state index in [-0.39, 0.29) is 5.69 Å². The Kier molecular flexibility index (Phi) is 2.73. The Morgan fingerprint density at radius 2 is 2.00 bits per heavy atom. The van der Waals surface area contributed by atoms with Crippen LogP contribution in [0.3, 0.4) is 0 Å². The molecule has 1 aliphatic rings. The molecule has 5 heteroatoms. The number of hydrogen-bond acceptors (Lipinski definition) is 2. The lowest BCUT2D eigenvalue weighted by Gasteiger charge is -2.32. The van der Waals surface area contributed by atoms with Gasteiger partial charge in [0.25, 0.3) is 6.43 Å². The molecule has 1 N–H and O–H groups in total. The van der Waals surface area contributed by atoms with Gasteiger partial charge in [0.15, 0.2) is 5.72 Å². The van der Waals surface area contributed by atoms with Crippen molar-refractivity contribution in [2.45, 2.75) is 44.3 Å². The fourth-order valence-electron chi connectivity index (χ4n) is 2.03. The highest BCUT2D eigenvalue weighted by Crippen LogP contribution is 2.32. The minimum absolute atomic E-state index is 0.269. The highest BCUT2D eigenvalue weighted by molar-refractivity contribution is 5.02. The number of aromatic nitrogens is 2. The normalized spacial score (nSPS) is 20.8. The van der Waals surface area contributed by atoms with E-state index in [0.29, 0.717) is 12.8 Å². The summed E-state index contributed by atoms with van der Waals surface area (Å²) >= 11 is 0. The number of nitrogens with zero attached hydrogens (tertiary/aromatic N) is 2. The van der Waals surface area contributed by atoms with Gasteiger partial charge in [0.05, 0.1) is 0 Å². The van der Waals surface area contributed by atoms with E-state index in [2.05, 4.69) is 5.10 Å². The summed E-state index contributed by atoms with van der Waals surface area (Å²) in [5.74, 6) is 0. The van der Waals surface area contributed by atoms with Gasteiger partial charge >= 0.3 is 0 Å². The summed E-state index contributed by atoms with van der Waals surface area (Å²) < 4.78 is 25.9. The molecule has 84 valence electrons. The van der Waals surface area contributed by atoms with Gasteiger partial charge < -0.3 is 5.11 Å². The first-order chi connectivity index (χ1) is 7.12. The summed E-state index contributed by atoms with van der Waals surface area (Å²) in [6.45, 7) is 0. The first-order valence-electron chi connectivity index (χ1n) is 5.18. The first-order valence-corrected chi connectivity index (χ1v) is 5.18. The van der Waals surface area contributed by atoms with Gasteiger partial charge in [-0.15, -0.1) is 0 Å². The highest BCUT2D eigenvalue weighted by atomic mass is 19.3. The van der Waals surface area contributed by atoms with Gasteiger partial charge in [0.1, 0.15) is 5.69 Å². The number of rotatable bonds is 2. The minimum Gasteiger partial charge on any atom is -0.369 e. The molecule has 0 amide bonds. The fourth-order valence-corrected chi connectivity index (χ4v) is 2.03. The van der Waals surface area contributed by atoms with Crippen molar-refractivity contribution in [3.8, 4) is 0 Å². The lowest BCUT2D eigenvalue weighted by molar-refractivity contribution is -0.0803. The topological polar surface area (TPSA) is 38.0 Å². The molecule has 3 nitrogen and oxygen atoms in total. The van der Waals surface area contributed by atoms with Gasteiger partial charge in [-0.2, -0.15) is 5.10 Å². The average molecular weight is 216 g/mol. The van der Waals surface area contributed by atoms with E-state index in [1.165, 1.54) is 16.9 Å². The van der Waals surface area contributed by atoms with Crippen molar-refractivity contribution in [2.75, 3.05) is 0 Å². The Morgan fingerprint density at radius 1 is 1.33 bits per heavy atom. The van der Waals surface area contributed by atoms with E-state index in [0.717, 1.165) is 19.3 Å². The fraction of sp³-hybridized carbons (Fsp3) is 0.700. The summed E-state index contributed by atoms with van der Waals surface area (Å²) in [7, 11) is 0. The molecule has 0 atom stereocenters. The number of hydrogen-bond donors (Lipinski definition) is 1. The summed E-state index contributed by atoms with van der Waals surface area (Å²) in [5.41, 5.74) is -1.32. The van der Waals surface area contributed by atoms with Crippen LogP contribution in [0.1, 0.15) is 44.2 Å². The van der Waals surface area contributed by atoms with Crippen LogP contribution in [-0.2, 0) is 5.72 Å². The van der Waals surface area contributed by atoms with E-state index in [9.17, 15) is 13.9 Å². The molecule has 0 bridgehead atoms. The molecule has 1 aromatic heterocycles. The number of halogens is 2. The molecule has 0 saturated heterocycles. The van der Waals surface area contributed by atoms with Gasteiger partial charge in [0.2, 0.25) is 0 Å². The van der Waals surface area contributed by atoms with Crippen LogP contribution in [0.2, 0.25) is 0 Å². The predicted octanol–water partition coefficient (Wildman–Crippen LogP) is 2.43. The molecule has 0 aromatic carbocycles. The SMILES string of the molecule is OC1(n2ccc(C(F)F)n2)CCCCC1. The Bertz CT molecular complexity index is 332. The average Bonchev–Trinajstić information content (AvgIpc) is 2.68. The van der Waals surface area contributed by atoms with Crippen LogP contribution < -0.4 is 0 Å². The van der Waals surface area contributed by atoms with E-state index in [1.54, 1.807) is 0 Å². The van der Waals surface area contributed by atoms with Crippen LogP contribution in [-0.4, -0.2) is 14.9 Å². The van der Waals surface area contributed by atoms with Gasteiger partial charge in [-0.3, -0.25) is 0 Å². The molecule has 1 aliphatic carbocycles. The number of alkyl halides is 2. The molecule has 1 aromatic rings. The van der Waals surface area contributed by atoms with E-state index in [1.807, 2.05) is 0 Å². The molecule has 15 heavy (non-hydrogen) atoms. The minimum atomic E-state index is -2.57. The lowest BCUT2D eigenvalue weighted by atomic mass is 9.92. The van der Waals surface area contributed by atoms with Crippen molar-refractivity contribution in [3.05, 3.63) is 18.0 Å². The van der Waals surface area contributed by atoms with Crippen LogP contribution in [0.15, 0.2) is 12.3 Å². The Hall–Kier alpha value is -0.970. The van der Waals surface area contributed by atoms with Crippen molar-refractivity contribution in [2.24, 2.45) is 0 Å². The third-order valence-corrected chi connectivity index (χ3v) is 2.91. The van der Waals surface area contributed by atoms with Gasteiger partial charge in [-0.05, 0) is 31.7 Å². The van der Waals surface area contributed by atoms with E-state index >= 15 is 0 Å². The predicted molar refractivity (Wildman–Crippen MR) is 50.5 cm³/mol. The molecular formula is C10H14F2N2O. The zero-order valence-electron chi connectivity index (χ0n) is 8.37. The summed E-state index contributed by atoms with van der Waals surface area (Å²) in [6, 6.07) is 1.26. The molecular weight excluding hydrogens is 202 g/mol. The monoisotopic (exact) mass is 216 g/mol. The largest absolute Gasteiger partial charge is 0.369 e. The Balaban J connectivity index is 2.20. The maximum Gasteiger partial charge on any atom is 0.282 e. The molecule has 0 aliphatic heterocycles. The second kappa shape index (κ2) is 3.89. The van der Waals surface area contributed by atoms with E-state index < -0.39 is 12.2 Å². The van der Waals surface area contributed by atoms with Gasteiger partial charge in [-0.1, -0.05) is 6.42 Å². The zero-order chi connectivity index (χ0) is 10.9. The third-order valence-electron chi connectivity index (χ3n) is 2.91. The third kappa shape index (κ3) is 2.02. The van der Waals surface area contributed by atoms with Crippen molar-refractivity contribution < 1.29 is 13.9 Å². The second-order valence-electron chi connectivity index (χ2n) is 4.03. The molecule has 0 spiro atoms. The van der Waals surface area contributed by atoms with Crippen LogP contribution in [0.4, 0.5) is 8.78 Å². The maximum absolute atomic E-state index is 12.3. The molecule has 0 radical (unpaired) electrons. The second-order valence-corrected chi connectivity index (χ2v) is 4.03. The van der Waals surface area contributed by atoms with Crippen molar-refractivity contribution >= 4 is 0 Å². The van der Waals surface area contributed by atoms with Crippen LogP contribution in [0, 0.1) is 0 Å². The molecule has 2 rings (SSSR count). The van der Waals surface area contributed by atoms with Crippen LogP contribution in [0.25, 0.3) is 0 Å². The molecule has 1 saturated carbocycles. The molecule has 1 fully saturated rings. The van der Waals surface area contributed by atoms with Crippen molar-refractivity contribution in [1.29, 1.82) is 0 Å². The highest BCUT2D eigenvalue weighted by Gasteiger charge is 2.32. The Morgan fingerprint density at radius 3 is 2.53 bits per heavy atom. The first kappa shape index (κ1) is 10.5. The van der Waals surface area contributed by atoms with Gasteiger partial charge in [-0.25, -0.2) is 13.5 Å². The summed E-state index contributed by atoms with van der Waals surface area (Å²) in [5, 5.41) is 13.9. The summed E-state index contributed by atoms with van der Waals surface area (Å²) in [4.78, 5) is 0. The molecule has 0 unspecified atom stereocenters. The smallest absolute Gasteiger partial charge is 0.282 e. The maximum atomic E-state index is 12.3. The van der Waals surface area contributed by atoms with Gasteiger partial charge in [0, 0.05) is 6.20 Å². The standard InChI is InChI=1S/C10H14F2N2O/c11-9(12)8-4-7-14(13-8)10(15)5-2-1-3-6-10/h4,7,9,15H,1-3,5-6H2. The van der Waals surface area contributed by atoms with Crippen LogP contribution >= 0.6 is 0 Å². The van der Waals surface area contributed by atoms with E-state index in [4.69, 9.17) is 0 Å². The number of aliphatic hydroxyl groups is 1. The molecule has 1 heterocycles. The van der Waals surface area contributed by atoms with Crippen LogP contribution in [0.5, 0.6) is 0 Å². The summed E-state index contributed by atoms with van der Waals surface area (Å²) in [6.07, 6.45) is 2.98. The Labute approximate surface area is 86.7 Å². The quantitative estimate of drug-likeness (QED) is 0.824. The van der Waals surface area contributed by atoms with Crippen molar-refractivity contribution in [3.63, 3.8) is 0 Å². The van der Waals surface area contributed by atoms with Crippen molar-refractivity contribution in [1.82, 2.24) is 9.78 Å². The zero-order valence-corrected chi connectivity index (χ0v) is 8.37. The lowest BCUT2D eigenvalue weighted by Crippen LogP contribution is -2.36.